The minimum atomic E-state index is -4.85. The first-order valence-corrected chi connectivity index (χ1v) is 15.0. The normalized spacial score (nSPS) is 11.2. The van der Waals surface area contributed by atoms with Crippen molar-refractivity contribution in [3.63, 3.8) is 0 Å². The number of hydrogen-bond acceptors (Lipinski definition) is 8. The number of benzene rings is 2. The van der Waals surface area contributed by atoms with Crippen LogP contribution in [0.5, 0.6) is 0 Å². The molecule has 2 aromatic heterocycles. The Morgan fingerprint density at radius 3 is 2.41 bits per heavy atom. The molecule has 0 aliphatic heterocycles. The lowest BCUT2D eigenvalue weighted by Gasteiger charge is -2.27. The van der Waals surface area contributed by atoms with Crippen molar-refractivity contribution < 1.29 is 36.3 Å². The van der Waals surface area contributed by atoms with Gasteiger partial charge in [-0.05, 0) is 68.3 Å². The Balaban J connectivity index is 1.81. The van der Waals surface area contributed by atoms with Gasteiger partial charge in [0.25, 0.3) is 10.0 Å². The average Bonchev–Trinajstić information content (AvgIpc) is 3.44. The maximum Gasteiger partial charge on any atom is 0.411 e. The maximum atomic E-state index is 14.9. The van der Waals surface area contributed by atoms with Crippen LogP contribution >= 0.6 is 0 Å². The van der Waals surface area contributed by atoms with E-state index in [0.29, 0.717) is 39.8 Å². The maximum absolute atomic E-state index is 14.9. The summed E-state index contributed by atoms with van der Waals surface area (Å²) in [6.45, 7) is 4.46. The summed E-state index contributed by atoms with van der Waals surface area (Å²) in [6, 6.07) is 10.4. The van der Waals surface area contributed by atoms with E-state index in [1.807, 2.05) is 25.3 Å². The molecule has 0 fully saturated rings. The first-order chi connectivity index (χ1) is 21.0. The molecule has 0 atom stereocenters. The van der Waals surface area contributed by atoms with Crippen molar-refractivity contribution >= 4 is 27.8 Å². The van der Waals surface area contributed by atoms with Crippen molar-refractivity contribution in [1.29, 1.82) is 0 Å². The lowest BCUT2D eigenvalue weighted by molar-refractivity contribution is -0.143. The number of carbonyl (C=O) groups is 2. The summed E-state index contributed by atoms with van der Waals surface area (Å²) in [5.74, 6) is -2.87. The second kappa shape index (κ2) is 13.6. The van der Waals surface area contributed by atoms with Gasteiger partial charge < -0.3 is 14.4 Å². The number of likely N-dealkylation sites (N-methyl/N-ethyl adjacent to an activating group) is 1. The summed E-state index contributed by atoms with van der Waals surface area (Å²) >= 11 is 0. The molecule has 4 aromatic rings. The molecule has 44 heavy (non-hydrogen) atoms. The molecule has 2 aromatic carbocycles. The van der Waals surface area contributed by atoms with Crippen LogP contribution in [-0.2, 0) is 30.8 Å². The Morgan fingerprint density at radius 2 is 1.73 bits per heavy atom. The summed E-state index contributed by atoms with van der Waals surface area (Å²) in [4.78, 5) is 28.6. The van der Waals surface area contributed by atoms with Gasteiger partial charge in [-0.3, -0.25) is 14.5 Å². The fourth-order valence-corrected chi connectivity index (χ4v) is 5.89. The van der Waals surface area contributed by atoms with Gasteiger partial charge in [0, 0.05) is 43.3 Å². The summed E-state index contributed by atoms with van der Waals surface area (Å²) in [5, 5.41) is 4.71. The third-order valence-electron chi connectivity index (χ3n) is 6.66. The van der Waals surface area contributed by atoms with Gasteiger partial charge in [0.15, 0.2) is 6.73 Å². The molecule has 2 heterocycles. The molecule has 0 bridgehead atoms. The Kier molecular flexibility index (Phi) is 9.94. The van der Waals surface area contributed by atoms with Crippen LogP contribution in [-0.4, -0.2) is 67.1 Å². The summed E-state index contributed by atoms with van der Waals surface area (Å²) in [7, 11) is -3.58. The van der Waals surface area contributed by atoms with Crippen LogP contribution < -0.4 is 4.31 Å². The number of rotatable bonds is 11. The number of ether oxygens (including phenoxy) is 2. The van der Waals surface area contributed by atoms with E-state index in [1.165, 1.54) is 13.1 Å². The van der Waals surface area contributed by atoms with Crippen molar-refractivity contribution in [3.8, 4) is 22.4 Å². The van der Waals surface area contributed by atoms with Crippen molar-refractivity contribution in [2.45, 2.75) is 32.2 Å². The summed E-state index contributed by atoms with van der Waals surface area (Å²) < 4.78 is 69.3. The van der Waals surface area contributed by atoms with Crippen LogP contribution in [0.1, 0.15) is 19.4 Å². The molecule has 232 valence electrons. The molecule has 14 heteroatoms. The van der Waals surface area contributed by atoms with Crippen molar-refractivity contribution in [3.05, 3.63) is 84.3 Å². The second-order valence-electron chi connectivity index (χ2n) is 9.56. The number of aromatic nitrogens is 3. The molecular formula is C30H31F2N5O6S. The number of carbonyl (C=O) groups excluding carboxylic acids is 2. The highest BCUT2D eigenvalue weighted by molar-refractivity contribution is 7.92. The topological polar surface area (TPSA) is 124 Å². The summed E-state index contributed by atoms with van der Waals surface area (Å²) in [5.41, 5.74) is 3.10. The molecule has 0 N–H and O–H groups in total. The quantitative estimate of drug-likeness (QED) is 0.168. The predicted molar refractivity (Wildman–Crippen MR) is 158 cm³/mol. The zero-order valence-corrected chi connectivity index (χ0v) is 25.3. The molecule has 0 unspecified atom stereocenters. The molecule has 0 saturated carbocycles. The monoisotopic (exact) mass is 627 g/mol. The van der Waals surface area contributed by atoms with E-state index < -0.39 is 51.9 Å². The standard InChI is InChI=1S/C30H31F2N5O6S/c1-5-36-17-24(21-12-14-33-15-13-21)29(34-36)23-8-7-9-26(20(23)3)37(19-43-30(39)35(4)18-28(38)42-6-2)44(40,41)27-16-22(31)10-11-25(27)32/h7-17H,5-6,18-19H2,1-4H3. The number of hydrogen-bond donors (Lipinski definition) is 0. The minimum absolute atomic E-state index is 0.0266. The lowest BCUT2D eigenvalue weighted by atomic mass is 9.98. The Labute approximate surface area is 253 Å². The molecule has 11 nitrogen and oxygen atoms in total. The fraction of sp³-hybridized carbons (Fsp3) is 0.267. The minimum Gasteiger partial charge on any atom is -0.465 e. The van der Waals surface area contributed by atoms with E-state index in [4.69, 9.17) is 14.6 Å². The number of aryl methyl sites for hydroxylation is 1. The molecule has 0 aliphatic rings. The van der Waals surface area contributed by atoms with E-state index in [0.717, 1.165) is 22.1 Å². The van der Waals surface area contributed by atoms with Gasteiger partial charge in [-0.15, -0.1) is 0 Å². The molecule has 0 spiro atoms. The van der Waals surface area contributed by atoms with Crippen LogP contribution in [0.3, 0.4) is 0 Å². The van der Waals surface area contributed by atoms with Gasteiger partial charge in [0.05, 0.1) is 12.3 Å². The van der Waals surface area contributed by atoms with E-state index in [2.05, 4.69) is 4.98 Å². The lowest BCUT2D eigenvalue weighted by Crippen LogP contribution is -2.39. The highest BCUT2D eigenvalue weighted by atomic mass is 32.2. The molecule has 4 rings (SSSR count). The van der Waals surface area contributed by atoms with E-state index in [9.17, 15) is 26.8 Å². The van der Waals surface area contributed by atoms with Gasteiger partial charge in [-0.2, -0.15) is 5.10 Å². The third kappa shape index (κ3) is 6.86. The van der Waals surface area contributed by atoms with Crippen molar-refractivity contribution in [1.82, 2.24) is 19.7 Å². The van der Waals surface area contributed by atoms with Gasteiger partial charge >= 0.3 is 12.1 Å². The zero-order valence-electron chi connectivity index (χ0n) is 24.5. The van der Waals surface area contributed by atoms with Crippen molar-refractivity contribution in [2.75, 3.05) is 31.2 Å². The zero-order chi connectivity index (χ0) is 32.0. The molecular weight excluding hydrogens is 596 g/mol. The first-order valence-electron chi connectivity index (χ1n) is 13.6. The van der Waals surface area contributed by atoms with Crippen molar-refractivity contribution in [2.24, 2.45) is 0 Å². The smallest absolute Gasteiger partial charge is 0.411 e. The van der Waals surface area contributed by atoms with E-state index >= 15 is 0 Å². The van der Waals surface area contributed by atoms with Crippen LogP contribution in [0.4, 0.5) is 19.3 Å². The van der Waals surface area contributed by atoms with E-state index in [1.54, 1.807) is 43.1 Å². The van der Waals surface area contributed by atoms with Gasteiger partial charge in [-0.25, -0.2) is 26.3 Å². The van der Waals surface area contributed by atoms with Crippen LogP contribution in [0.2, 0.25) is 0 Å². The number of sulfonamides is 1. The molecule has 0 radical (unpaired) electrons. The number of nitrogens with zero attached hydrogens (tertiary/aromatic N) is 5. The number of amides is 1. The van der Waals surface area contributed by atoms with Gasteiger partial charge in [0.1, 0.15) is 28.8 Å². The Bertz CT molecular complexity index is 1760. The van der Waals surface area contributed by atoms with E-state index in [-0.39, 0.29) is 12.3 Å². The van der Waals surface area contributed by atoms with Crippen LogP contribution in [0.15, 0.2) is 72.0 Å². The molecule has 1 amide bonds. The molecule has 0 aliphatic carbocycles. The average molecular weight is 628 g/mol. The SMILES string of the molecule is CCOC(=O)CN(C)C(=O)OCN(c1cccc(-c2nn(CC)cc2-c2ccncc2)c1C)S(=O)(=O)c1cc(F)ccc1F. The first kappa shape index (κ1) is 32.1. The number of halogens is 2. The third-order valence-corrected chi connectivity index (χ3v) is 8.41. The van der Waals surface area contributed by atoms with Crippen LogP contribution in [0.25, 0.3) is 22.4 Å². The number of anilines is 1. The second-order valence-corrected chi connectivity index (χ2v) is 11.4. The highest BCUT2D eigenvalue weighted by Gasteiger charge is 2.32. The Hall–Kier alpha value is -4.85. The van der Waals surface area contributed by atoms with Crippen LogP contribution in [0, 0.1) is 18.6 Å². The Morgan fingerprint density at radius 1 is 1.00 bits per heavy atom. The fourth-order valence-electron chi connectivity index (χ4n) is 4.43. The predicted octanol–water partition coefficient (Wildman–Crippen LogP) is 5.00. The number of esters is 1. The summed E-state index contributed by atoms with van der Waals surface area (Å²) in [6.07, 6.45) is 4.09. The molecule has 0 saturated heterocycles. The largest absolute Gasteiger partial charge is 0.465 e. The van der Waals surface area contributed by atoms with Gasteiger partial charge in [0.2, 0.25) is 0 Å². The number of pyridine rings is 1. The highest BCUT2D eigenvalue weighted by Crippen LogP contribution is 2.38. The van der Waals surface area contributed by atoms with Gasteiger partial charge in [-0.1, -0.05) is 12.1 Å².